The van der Waals surface area contributed by atoms with Gasteiger partial charge in [-0.15, -0.1) is 11.3 Å². The lowest BCUT2D eigenvalue weighted by atomic mass is 9.97. The maximum atomic E-state index is 13.9. The first kappa shape index (κ1) is 27.2. The highest BCUT2D eigenvalue weighted by atomic mass is 32.2. The molecule has 6 rings (SSSR count). The smallest absolute Gasteiger partial charge is 0.267 e. The number of hydrogen-bond donors (Lipinski definition) is 1. The molecule has 0 fully saturated rings. The van der Waals surface area contributed by atoms with E-state index in [1.54, 1.807) is 22.1 Å². The van der Waals surface area contributed by atoms with Crippen molar-refractivity contribution in [1.82, 2.24) is 24.8 Å². The average Bonchev–Trinajstić information content (AvgIpc) is 3.49. The number of carbonyl (C=O) groups excluding carboxylic acids is 1. The van der Waals surface area contributed by atoms with E-state index in [2.05, 4.69) is 15.6 Å². The maximum Gasteiger partial charge on any atom is 0.267 e. The zero-order chi connectivity index (χ0) is 28.5. The number of para-hydroxylation sites is 1. The molecule has 3 heterocycles. The lowest BCUT2D eigenvalue weighted by Crippen LogP contribution is -2.24. The quantitative estimate of drug-likeness (QED) is 0.115. The molecule has 2 aromatic carbocycles. The Morgan fingerprint density at radius 2 is 1.80 bits per heavy atom. The Hall–Kier alpha value is -4.02. The number of thioether (sulfide) groups is 1. The fourth-order valence-corrected chi connectivity index (χ4v) is 7.31. The first-order valence-electron chi connectivity index (χ1n) is 13.6. The summed E-state index contributed by atoms with van der Waals surface area (Å²) in [6, 6.07) is 17.7. The summed E-state index contributed by atoms with van der Waals surface area (Å²) in [4.78, 5) is 33.6. The molecule has 0 unspecified atom stereocenters. The summed E-state index contributed by atoms with van der Waals surface area (Å²) in [6.07, 6.45) is 5.76. The number of nitrogens with zero attached hydrogens (tertiary/aromatic N) is 5. The molecule has 3 aromatic heterocycles. The van der Waals surface area contributed by atoms with E-state index in [1.165, 1.54) is 16.6 Å². The summed E-state index contributed by atoms with van der Waals surface area (Å²) in [6.45, 7) is 5.90. The molecule has 8 nitrogen and oxygen atoms in total. The molecule has 1 N–H and O–H groups in total. The van der Waals surface area contributed by atoms with Crippen molar-refractivity contribution in [1.29, 1.82) is 0 Å². The highest BCUT2D eigenvalue weighted by Gasteiger charge is 2.23. The number of nitrogens with one attached hydrogen (secondary N) is 1. The van der Waals surface area contributed by atoms with Crippen molar-refractivity contribution in [2.24, 2.45) is 5.10 Å². The van der Waals surface area contributed by atoms with Gasteiger partial charge in [-0.1, -0.05) is 47.7 Å². The topological polar surface area (TPSA) is 94.2 Å². The van der Waals surface area contributed by atoms with Crippen LogP contribution in [0.3, 0.4) is 0 Å². The van der Waals surface area contributed by atoms with Crippen LogP contribution in [0, 0.1) is 20.8 Å². The molecule has 1 aliphatic carbocycles. The SMILES string of the molecule is Cc1ccc(-n2c(SCC(=O)N/N=C/c3c(C)nn(-c4ccccc4)c3C)nc3sc4c(c3c2=O)CCCC4)cc1. The van der Waals surface area contributed by atoms with Crippen molar-refractivity contribution in [2.75, 3.05) is 5.75 Å². The van der Waals surface area contributed by atoms with Crippen LogP contribution < -0.4 is 11.0 Å². The van der Waals surface area contributed by atoms with Gasteiger partial charge in [0, 0.05) is 10.4 Å². The molecular weight excluding hydrogens is 553 g/mol. The molecule has 1 amide bonds. The molecule has 5 aromatic rings. The zero-order valence-electron chi connectivity index (χ0n) is 23.2. The summed E-state index contributed by atoms with van der Waals surface area (Å²) < 4.78 is 3.51. The lowest BCUT2D eigenvalue weighted by molar-refractivity contribution is -0.118. The Bertz CT molecular complexity index is 1840. The predicted molar refractivity (Wildman–Crippen MR) is 166 cm³/mol. The van der Waals surface area contributed by atoms with Crippen LogP contribution in [0.25, 0.3) is 21.6 Å². The number of thiophene rings is 1. The molecule has 1 aliphatic rings. The van der Waals surface area contributed by atoms with E-state index >= 15 is 0 Å². The minimum Gasteiger partial charge on any atom is -0.272 e. The molecule has 0 spiro atoms. The van der Waals surface area contributed by atoms with E-state index in [-0.39, 0.29) is 17.2 Å². The Kier molecular flexibility index (Phi) is 7.59. The molecule has 0 aliphatic heterocycles. The van der Waals surface area contributed by atoms with Gasteiger partial charge in [-0.2, -0.15) is 10.2 Å². The van der Waals surface area contributed by atoms with Gasteiger partial charge in [-0.25, -0.2) is 15.1 Å². The summed E-state index contributed by atoms with van der Waals surface area (Å²) in [5.74, 6) is -0.222. The molecule has 41 heavy (non-hydrogen) atoms. The molecule has 0 saturated heterocycles. The van der Waals surface area contributed by atoms with Crippen molar-refractivity contribution >= 4 is 45.4 Å². The standard InChI is InChI=1S/C31H30N6O2S2/c1-19-13-15-22(16-14-19)36-30(39)28-24-11-7-8-12-26(24)41-29(28)33-31(36)40-18-27(38)34-32-17-25-20(2)35-37(21(25)3)23-9-5-4-6-10-23/h4-6,9-10,13-17H,7-8,11-12,18H2,1-3H3,(H,34,38)/b32-17+. The van der Waals surface area contributed by atoms with Gasteiger partial charge in [-0.05, 0) is 76.3 Å². The van der Waals surface area contributed by atoms with Crippen molar-refractivity contribution in [3.05, 3.63) is 97.9 Å². The second-order valence-corrected chi connectivity index (χ2v) is 12.2. The van der Waals surface area contributed by atoms with Crippen LogP contribution in [0.4, 0.5) is 0 Å². The summed E-state index contributed by atoms with van der Waals surface area (Å²) in [7, 11) is 0. The second kappa shape index (κ2) is 11.5. The van der Waals surface area contributed by atoms with E-state index < -0.39 is 0 Å². The van der Waals surface area contributed by atoms with Gasteiger partial charge >= 0.3 is 0 Å². The van der Waals surface area contributed by atoms with Crippen LogP contribution in [0.15, 0.2) is 69.6 Å². The van der Waals surface area contributed by atoms with Gasteiger partial charge in [-0.3, -0.25) is 14.2 Å². The van der Waals surface area contributed by atoms with Gasteiger partial charge in [0.15, 0.2) is 5.16 Å². The van der Waals surface area contributed by atoms with Crippen molar-refractivity contribution in [3.63, 3.8) is 0 Å². The Morgan fingerprint density at radius 3 is 2.59 bits per heavy atom. The van der Waals surface area contributed by atoms with Gasteiger partial charge in [0.05, 0.1) is 40.1 Å². The summed E-state index contributed by atoms with van der Waals surface area (Å²) >= 11 is 2.85. The van der Waals surface area contributed by atoms with E-state index in [0.717, 1.165) is 75.4 Å². The Labute approximate surface area is 246 Å². The van der Waals surface area contributed by atoms with Gasteiger partial charge < -0.3 is 0 Å². The monoisotopic (exact) mass is 582 g/mol. The van der Waals surface area contributed by atoms with Crippen LogP contribution >= 0.6 is 23.1 Å². The van der Waals surface area contributed by atoms with Crippen LogP contribution in [0.2, 0.25) is 0 Å². The van der Waals surface area contributed by atoms with E-state index in [1.807, 2.05) is 80.1 Å². The summed E-state index contributed by atoms with van der Waals surface area (Å²) in [5, 5.41) is 10.1. The van der Waals surface area contributed by atoms with Crippen LogP contribution in [0.5, 0.6) is 0 Å². The largest absolute Gasteiger partial charge is 0.272 e. The van der Waals surface area contributed by atoms with E-state index in [4.69, 9.17) is 4.98 Å². The normalized spacial score (nSPS) is 13.1. The number of benzene rings is 2. The van der Waals surface area contributed by atoms with E-state index in [9.17, 15) is 9.59 Å². The molecule has 0 atom stereocenters. The minimum atomic E-state index is -0.285. The van der Waals surface area contributed by atoms with E-state index in [0.29, 0.717) is 5.16 Å². The number of hydrogen-bond acceptors (Lipinski definition) is 7. The minimum absolute atomic E-state index is 0.0630. The third-order valence-electron chi connectivity index (χ3n) is 7.31. The Balaban J connectivity index is 1.23. The van der Waals surface area contributed by atoms with Gasteiger partial charge in [0.1, 0.15) is 4.83 Å². The Morgan fingerprint density at radius 1 is 1.05 bits per heavy atom. The number of aryl methyl sites for hydroxylation is 4. The average molecular weight is 583 g/mol. The van der Waals surface area contributed by atoms with Crippen molar-refractivity contribution in [2.45, 2.75) is 51.6 Å². The molecular formula is C31H30N6O2S2. The first-order valence-corrected chi connectivity index (χ1v) is 15.4. The van der Waals surface area contributed by atoms with Crippen molar-refractivity contribution < 1.29 is 4.79 Å². The highest BCUT2D eigenvalue weighted by molar-refractivity contribution is 7.99. The fraction of sp³-hybridized carbons (Fsp3) is 0.258. The molecule has 0 bridgehead atoms. The molecule has 208 valence electrons. The van der Waals surface area contributed by atoms with Gasteiger partial charge in [0.2, 0.25) is 0 Å². The van der Waals surface area contributed by atoms with Crippen LogP contribution in [-0.4, -0.2) is 37.2 Å². The highest BCUT2D eigenvalue weighted by Crippen LogP contribution is 2.35. The first-order chi connectivity index (χ1) is 19.9. The van der Waals surface area contributed by atoms with Crippen molar-refractivity contribution in [3.8, 4) is 11.4 Å². The lowest BCUT2D eigenvalue weighted by Gasteiger charge is -2.13. The number of carbonyl (C=O) groups is 1. The molecule has 10 heteroatoms. The zero-order valence-corrected chi connectivity index (χ0v) is 24.8. The van der Waals surface area contributed by atoms with Crippen LogP contribution in [-0.2, 0) is 17.6 Å². The van der Waals surface area contributed by atoms with Gasteiger partial charge in [0.25, 0.3) is 11.5 Å². The fourth-order valence-electron chi connectivity index (χ4n) is 5.20. The molecule has 0 saturated carbocycles. The number of fused-ring (bicyclic) bond motifs is 3. The third kappa shape index (κ3) is 5.37. The second-order valence-electron chi connectivity index (χ2n) is 10.2. The maximum absolute atomic E-state index is 13.9. The summed E-state index contributed by atoms with van der Waals surface area (Å²) in [5.41, 5.74) is 9.12. The number of rotatable bonds is 7. The number of aromatic nitrogens is 4. The third-order valence-corrected chi connectivity index (χ3v) is 9.44. The number of amides is 1. The number of hydrazone groups is 1. The predicted octanol–water partition coefficient (Wildman–Crippen LogP) is 5.68. The van der Waals surface area contributed by atoms with Crippen LogP contribution in [0.1, 0.15) is 45.8 Å². The molecule has 0 radical (unpaired) electrons.